The molecule has 0 spiro atoms. The van der Waals surface area contributed by atoms with Crippen LogP contribution in [0.2, 0.25) is 0 Å². The van der Waals surface area contributed by atoms with Gasteiger partial charge in [-0.05, 0) is 81.1 Å². The second-order valence-corrected chi connectivity index (χ2v) is 13.7. The molecule has 1 aliphatic carbocycles. The number of carbonyl (C=O) groups is 1. The zero-order valence-corrected chi connectivity index (χ0v) is 27.1. The summed E-state index contributed by atoms with van der Waals surface area (Å²) in [7, 11) is -1.29. The maximum Gasteiger partial charge on any atom is 0.300 e. The summed E-state index contributed by atoms with van der Waals surface area (Å²) in [6.07, 6.45) is 6.32. The molecule has 3 heterocycles. The Balaban J connectivity index is 0.000000985. The molecule has 4 aromatic rings. The summed E-state index contributed by atoms with van der Waals surface area (Å²) < 4.78 is 30.5. The number of benzene rings is 2. The Morgan fingerprint density at radius 2 is 1.50 bits per heavy atom. The van der Waals surface area contributed by atoms with Crippen molar-refractivity contribution >= 4 is 32.8 Å². The maximum absolute atomic E-state index is 11.2. The van der Waals surface area contributed by atoms with E-state index in [1.54, 1.807) is 0 Å². The minimum Gasteiger partial charge on any atom is -0.481 e. The van der Waals surface area contributed by atoms with Gasteiger partial charge in [-0.3, -0.25) is 9.69 Å². The molecule has 2 aromatic heterocycles. The molecule has 46 heavy (non-hydrogen) atoms. The lowest BCUT2D eigenvalue weighted by Crippen LogP contribution is -2.49. The summed E-state index contributed by atoms with van der Waals surface area (Å²) in [4.78, 5) is 23.0. The van der Waals surface area contributed by atoms with Crippen LogP contribution in [0.4, 0.5) is 5.82 Å². The van der Waals surface area contributed by atoms with Crippen molar-refractivity contribution in [2.24, 2.45) is 5.14 Å². The molecule has 2 fully saturated rings. The molecule has 1 aliphatic heterocycles. The summed E-state index contributed by atoms with van der Waals surface area (Å²) in [6.45, 7) is 5.67. The standard InChI is InChI=1S/C30H38N8O3S.C2H4O2/c1-36-15-17-37(18-16-36)23-6-8-24(9-7-23)38-30-27(29(31)33-20-34-30)28(35-38)22-4-12-26(13-5-22)41-25-10-2-21(3-11-25)14-19-42(32,39)40;1-2(3)4/h2-5,10-13,20,23-24H,6-9,14-19H2,1H3,(H2,31,33,34)(H2,32,39,40);1H3,(H,3,4). The number of hydrogen-bond donors (Lipinski definition) is 3. The Bertz CT molecular complexity index is 1720. The van der Waals surface area contributed by atoms with Gasteiger partial charge in [-0.2, -0.15) is 5.10 Å². The van der Waals surface area contributed by atoms with Crippen LogP contribution in [0.1, 0.15) is 44.2 Å². The minimum absolute atomic E-state index is 0.0907. The van der Waals surface area contributed by atoms with E-state index in [0.29, 0.717) is 29.8 Å². The second kappa shape index (κ2) is 14.5. The Morgan fingerprint density at radius 3 is 2.09 bits per heavy atom. The third kappa shape index (κ3) is 8.57. The topological polar surface area (TPSA) is 183 Å². The molecule has 0 unspecified atom stereocenters. The molecule has 6 rings (SSSR count). The van der Waals surface area contributed by atoms with Gasteiger partial charge in [-0.25, -0.2) is 28.2 Å². The highest BCUT2D eigenvalue weighted by atomic mass is 32.2. The fraction of sp³-hybridized carbons (Fsp3) is 0.438. The SMILES string of the molecule is CC(=O)O.CN1CCN(C2CCC(n3nc(-c4ccc(Oc5ccc(CCS(N)(=O)=O)cc5)cc4)c4c(N)ncnc43)CC2)CC1. The molecule has 5 N–H and O–H groups in total. The summed E-state index contributed by atoms with van der Waals surface area (Å²) in [5, 5.41) is 18.4. The van der Waals surface area contributed by atoms with Crippen molar-refractivity contribution in [2.75, 3.05) is 44.7 Å². The Labute approximate surface area is 269 Å². The van der Waals surface area contributed by atoms with Crippen molar-refractivity contribution in [2.45, 2.75) is 51.1 Å². The summed E-state index contributed by atoms with van der Waals surface area (Å²) >= 11 is 0. The predicted octanol–water partition coefficient (Wildman–Crippen LogP) is 3.52. The van der Waals surface area contributed by atoms with Crippen molar-refractivity contribution in [3.63, 3.8) is 0 Å². The summed E-state index contributed by atoms with van der Waals surface area (Å²) in [5.41, 5.74) is 9.72. The number of primary sulfonamides is 1. The monoisotopic (exact) mass is 650 g/mol. The number of likely N-dealkylation sites (N-methyl/N-ethyl adjacent to an activating group) is 1. The molecular weight excluding hydrogens is 608 g/mol. The Morgan fingerprint density at radius 1 is 0.935 bits per heavy atom. The number of sulfonamides is 1. The first-order chi connectivity index (χ1) is 22.0. The molecule has 2 aliphatic rings. The third-order valence-corrected chi connectivity index (χ3v) is 9.32. The van der Waals surface area contributed by atoms with Crippen molar-refractivity contribution in [1.29, 1.82) is 0 Å². The second-order valence-electron chi connectivity index (χ2n) is 12.0. The number of nitrogens with two attached hydrogens (primary N) is 2. The van der Waals surface area contributed by atoms with E-state index in [4.69, 9.17) is 30.6 Å². The van der Waals surface area contributed by atoms with Crippen molar-refractivity contribution < 1.29 is 23.1 Å². The number of nitrogen functional groups attached to an aromatic ring is 1. The van der Waals surface area contributed by atoms with E-state index in [2.05, 4.69) is 31.5 Å². The number of piperazine rings is 1. The lowest BCUT2D eigenvalue weighted by atomic mass is 9.90. The summed E-state index contributed by atoms with van der Waals surface area (Å²) in [6, 6.07) is 16.0. The van der Waals surface area contributed by atoms with Gasteiger partial charge >= 0.3 is 0 Å². The van der Waals surface area contributed by atoms with E-state index in [1.165, 1.54) is 6.33 Å². The van der Waals surface area contributed by atoms with Gasteiger partial charge in [-0.15, -0.1) is 0 Å². The number of ether oxygens (including phenoxy) is 1. The van der Waals surface area contributed by atoms with Gasteiger partial charge < -0.3 is 20.5 Å². The molecule has 246 valence electrons. The highest BCUT2D eigenvalue weighted by Crippen LogP contribution is 2.37. The van der Waals surface area contributed by atoms with Gasteiger partial charge in [0.2, 0.25) is 10.0 Å². The zero-order valence-electron chi connectivity index (χ0n) is 26.2. The Hall–Kier alpha value is -4.11. The molecule has 13 nitrogen and oxygen atoms in total. The first-order valence-corrected chi connectivity index (χ1v) is 17.2. The number of fused-ring (bicyclic) bond motifs is 1. The van der Waals surface area contributed by atoms with Gasteiger partial charge in [0.1, 0.15) is 29.3 Å². The molecule has 0 bridgehead atoms. The highest BCUT2D eigenvalue weighted by molar-refractivity contribution is 7.89. The molecule has 0 radical (unpaired) electrons. The van der Waals surface area contributed by atoms with E-state index in [-0.39, 0.29) is 11.8 Å². The minimum atomic E-state index is -3.49. The largest absolute Gasteiger partial charge is 0.481 e. The molecule has 0 atom stereocenters. The molecule has 1 saturated heterocycles. The van der Waals surface area contributed by atoms with Crippen LogP contribution in [-0.2, 0) is 21.2 Å². The van der Waals surface area contributed by atoms with Crippen molar-refractivity contribution in [3.05, 3.63) is 60.4 Å². The molecular formula is C32H42N8O5S. The van der Waals surface area contributed by atoms with Gasteiger partial charge in [0.15, 0.2) is 5.65 Å². The fourth-order valence-corrected chi connectivity index (χ4v) is 6.63. The fourth-order valence-electron chi connectivity index (χ4n) is 6.11. The molecule has 0 amide bonds. The number of anilines is 1. The van der Waals surface area contributed by atoms with Crippen LogP contribution < -0.4 is 15.6 Å². The van der Waals surface area contributed by atoms with E-state index < -0.39 is 16.0 Å². The number of hydrogen-bond acceptors (Lipinski definition) is 10. The van der Waals surface area contributed by atoms with Crippen LogP contribution in [-0.4, -0.2) is 94.1 Å². The van der Waals surface area contributed by atoms with Gasteiger partial charge in [0.05, 0.1) is 17.2 Å². The van der Waals surface area contributed by atoms with Crippen LogP contribution in [0.5, 0.6) is 11.5 Å². The average molecular weight is 651 g/mol. The van der Waals surface area contributed by atoms with Crippen LogP contribution in [0.15, 0.2) is 54.9 Å². The van der Waals surface area contributed by atoms with Crippen molar-refractivity contribution in [1.82, 2.24) is 29.5 Å². The number of rotatable bonds is 8. The van der Waals surface area contributed by atoms with Crippen LogP contribution >= 0.6 is 0 Å². The first kappa shape index (κ1) is 33.3. The normalized spacial score (nSPS) is 19.4. The van der Waals surface area contributed by atoms with E-state index in [9.17, 15) is 8.42 Å². The van der Waals surface area contributed by atoms with E-state index in [0.717, 1.165) is 86.6 Å². The van der Waals surface area contributed by atoms with Gasteiger partial charge in [-0.1, -0.05) is 12.1 Å². The maximum atomic E-state index is 11.2. The van der Waals surface area contributed by atoms with Crippen LogP contribution in [0, 0.1) is 0 Å². The van der Waals surface area contributed by atoms with Crippen LogP contribution in [0.25, 0.3) is 22.3 Å². The Kier molecular flexibility index (Phi) is 10.5. The van der Waals surface area contributed by atoms with Crippen molar-refractivity contribution in [3.8, 4) is 22.8 Å². The van der Waals surface area contributed by atoms with E-state index >= 15 is 0 Å². The lowest BCUT2D eigenvalue weighted by molar-refractivity contribution is -0.134. The number of aromatic nitrogens is 4. The third-order valence-electron chi connectivity index (χ3n) is 8.55. The average Bonchev–Trinajstić information content (AvgIpc) is 3.42. The van der Waals surface area contributed by atoms with E-state index in [1.807, 2.05) is 48.5 Å². The number of nitrogens with zero attached hydrogens (tertiary/aromatic N) is 6. The predicted molar refractivity (Wildman–Crippen MR) is 177 cm³/mol. The zero-order chi connectivity index (χ0) is 32.8. The quantitative estimate of drug-likeness (QED) is 0.254. The molecule has 14 heteroatoms. The molecule has 1 saturated carbocycles. The van der Waals surface area contributed by atoms with Crippen LogP contribution in [0.3, 0.4) is 0 Å². The number of carboxylic acids is 1. The smallest absolute Gasteiger partial charge is 0.300 e. The highest BCUT2D eigenvalue weighted by Gasteiger charge is 2.30. The molecule has 2 aromatic carbocycles. The number of aryl methyl sites for hydroxylation is 1. The number of aliphatic carboxylic acids is 1. The first-order valence-electron chi connectivity index (χ1n) is 15.5. The van der Waals surface area contributed by atoms with Gasteiger partial charge in [0, 0.05) is 44.7 Å². The van der Waals surface area contributed by atoms with Gasteiger partial charge in [0.25, 0.3) is 5.97 Å². The lowest BCUT2D eigenvalue weighted by Gasteiger charge is -2.41. The summed E-state index contributed by atoms with van der Waals surface area (Å²) in [5.74, 6) is 0.829. The number of carboxylic acid groups (broad SMARTS) is 1.